The predicted molar refractivity (Wildman–Crippen MR) is 45.1 cm³/mol. The van der Waals surface area contributed by atoms with E-state index in [0.717, 1.165) is 6.07 Å². The number of rotatable bonds is 2. The van der Waals surface area contributed by atoms with E-state index in [-0.39, 0.29) is 12.2 Å². The van der Waals surface area contributed by atoms with E-state index in [2.05, 4.69) is 0 Å². The van der Waals surface area contributed by atoms with Crippen LogP contribution in [0.25, 0.3) is 0 Å². The Bertz CT molecular complexity index is 291. The Morgan fingerprint density at radius 1 is 1.46 bits per heavy atom. The van der Waals surface area contributed by atoms with Crippen LogP contribution in [0.4, 0.5) is 8.78 Å². The number of aliphatic hydroxyl groups excluding tert-OH is 1. The number of benzene rings is 1. The topological polar surface area (TPSA) is 46.2 Å². The Morgan fingerprint density at radius 2 is 2.08 bits per heavy atom. The largest absolute Gasteiger partial charge is 0.394 e. The van der Waals surface area contributed by atoms with Crippen LogP contribution in [0.3, 0.4) is 0 Å². The molecule has 1 atom stereocenters. The van der Waals surface area contributed by atoms with Crippen LogP contribution in [-0.2, 0) is 0 Å². The van der Waals surface area contributed by atoms with Crippen LogP contribution in [-0.4, -0.2) is 11.7 Å². The number of halogens is 2. The first-order valence-electron chi connectivity index (χ1n) is 3.88. The van der Waals surface area contributed by atoms with Gasteiger partial charge in [0.1, 0.15) is 0 Å². The highest BCUT2D eigenvalue weighted by Gasteiger charge is 2.11. The molecule has 13 heavy (non-hydrogen) atoms. The third-order valence-electron chi connectivity index (χ3n) is 1.86. The van der Waals surface area contributed by atoms with E-state index in [1.807, 2.05) is 0 Å². The molecule has 0 fully saturated rings. The van der Waals surface area contributed by atoms with Crippen molar-refractivity contribution in [1.82, 2.24) is 0 Å². The molecule has 0 aliphatic heterocycles. The zero-order valence-electron chi connectivity index (χ0n) is 7.22. The van der Waals surface area contributed by atoms with Crippen molar-refractivity contribution in [2.24, 2.45) is 5.73 Å². The maximum Gasteiger partial charge on any atom is 0.161 e. The van der Waals surface area contributed by atoms with Crippen molar-refractivity contribution in [3.8, 4) is 0 Å². The van der Waals surface area contributed by atoms with E-state index in [1.165, 1.54) is 13.0 Å². The van der Waals surface area contributed by atoms with Crippen LogP contribution < -0.4 is 5.73 Å². The molecule has 0 heterocycles. The minimum atomic E-state index is -0.932. The van der Waals surface area contributed by atoms with Gasteiger partial charge >= 0.3 is 0 Å². The zero-order valence-corrected chi connectivity index (χ0v) is 7.22. The molecule has 0 aromatic heterocycles. The monoisotopic (exact) mass is 187 g/mol. The highest BCUT2D eigenvalue weighted by atomic mass is 19.2. The fourth-order valence-electron chi connectivity index (χ4n) is 1.07. The van der Waals surface area contributed by atoms with E-state index in [0.29, 0.717) is 5.56 Å². The van der Waals surface area contributed by atoms with Crippen molar-refractivity contribution >= 4 is 0 Å². The van der Waals surface area contributed by atoms with E-state index >= 15 is 0 Å². The lowest BCUT2D eigenvalue weighted by atomic mass is 10.1. The summed E-state index contributed by atoms with van der Waals surface area (Å²) in [6.45, 7) is 1.16. The highest BCUT2D eigenvalue weighted by molar-refractivity contribution is 5.27. The fourth-order valence-corrected chi connectivity index (χ4v) is 1.07. The number of aryl methyl sites for hydroxylation is 1. The van der Waals surface area contributed by atoms with Crippen molar-refractivity contribution in [2.45, 2.75) is 13.0 Å². The van der Waals surface area contributed by atoms with Crippen LogP contribution in [0.1, 0.15) is 17.2 Å². The second kappa shape index (κ2) is 3.81. The zero-order chi connectivity index (χ0) is 10.0. The molecular weight excluding hydrogens is 176 g/mol. The van der Waals surface area contributed by atoms with Crippen molar-refractivity contribution in [3.05, 3.63) is 34.9 Å². The summed E-state index contributed by atoms with van der Waals surface area (Å²) >= 11 is 0. The maximum absolute atomic E-state index is 12.8. The third kappa shape index (κ3) is 2.02. The van der Waals surface area contributed by atoms with Crippen LogP contribution in [0.15, 0.2) is 12.1 Å². The number of hydrogen-bond acceptors (Lipinski definition) is 2. The van der Waals surface area contributed by atoms with Crippen LogP contribution in [0.5, 0.6) is 0 Å². The van der Waals surface area contributed by atoms with Gasteiger partial charge in [0, 0.05) is 0 Å². The lowest BCUT2D eigenvalue weighted by Gasteiger charge is -2.10. The quantitative estimate of drug-likeness (QED) is 0.732. The summed E-state index contributed by atoms with van der Waals surface area (Å²) in [5, 5.41) is 8.70. The van der Waals surface area contributed by atoms with Gasteiger partial charge in [0.25, 0.3) is 0 Å². The minimum Gasteiger partial charge on any atom is -0.394 e. The molecule has 0 radical (unpaired) electrons. The summed E-state index contributed by atoms with van der Waals surface area (Å²) < 4.78 is 25.6. The van der Waals surface area contributed by atoms with Crippen LogP contribution >= 0.6 is 0 Å². The van der Waals surface area contributed by atoms with Crippen LogP contribution in [0.2, 0.25) is 0 Å². The molecule has 4 heteroatoms. The van der Waals surface area contributed by atoms with E-state index < -0.39 is 17.7 Å². The van der Waals surface area contributed by atoms with Gasteiger partial charge in [-0.25, -0.2) is 8.78 Å². The smallest absolute Gasteiger partial charge is 0.161 e. The van der Waals surface area contributed by atoms with Gasteiger partial charge in [-0.05, 0) is 24.1 Å². The Kier molecular flexibility index (Phi) is 2.95. The van der Waals surface area contributed by atoms with E-state index in [4.69, 9.17) is 10.8 Å². The average molecular weight is 187 g/mol. The first-order chi connectivity index (χ1) is 6.06. The highest BCUT2D eigenvalue weighted by Crippen LogP contribution is 2.17. The molecule has 0 saturated heterocycles. The van der Waals surface area contributed by atoms with Gasteiger partial charge in [-0.3, -0.25) is 0 Å². The molecule has 0 aliphatic rings. The summed E-state index contributed by atoms with van der Waals surface area (Å²) in [5.74, 6) is -1.80. The van der Waals surface area contributed by atoms with Gasteiger partial charge in [0.2, 0.25) is 0 Å². The molecule has 1 unspecified atom stereocenters. The Labute approximate surface area is 75.0 Å². The van der Waals surface area contributed by atoms with Crippen molar-refractivity contribution in [2.75, 3.05) is 6.61 Å². The molecule has 1 aromatic carbocycles. The van der Waals surface area contributed by atoms with Gasteiger partial charge in [0.05, 0.1) is 12.6 Å². The standard InChI is InChI=1S/C9H11F2NO/c1-5-2-6(8(12)4-13)3-7(10)9(5)11/h2-3,8,13H,4,12H2,1H3. The second-order valence-corrected chi connectivity index (χ2v) is 2.92. The molecule has 1 rings (SSSR count). The maximum atomic E-state index is 12.8. The fraction of sp³-hybridized carbons (Fsp3) is 0.333. The predicted octanol–water partition coefficient (Wildman–Crippen LogP) is 1.27. The molecule has 72 valence electrons. The van der Waals surface area contributed by atoms with Crippen molar-refractivity contribution in [1.29, 1.82) is 0 Å². The average Bonchev–Trinajstić information content (AvgIpc) is 2.12. The SMILES string of the molecule is Cc1cc(C(N)CO)cc(F)c1F. The van der Waals surface area contributed by atoms with Gasteiger partial charge in [0.15, 0.2) is 11.6 Å². The molecule has 1 aromatic rings. The number of aliphatic hydroxyl groups is 1. The normalized spacial score (nSPS) is 13.0. The van der Waals surface area contributed by atoms with Crippen molar-refractivity contribution in [3.63, 3.8) is 0 Å². The molecule has 0 amide bonds. The summed E-state index contributed by atoms with van der Waals surface area (Å²) in [6, 6.07) is 1.77. The number of nitrogens with two attached hydrogens (primary N) is 1. The molecular formula is C9H11F2NO. The molecule has 0 spiro atoms. The number of hydrogen-bond donors (Lipinski definition) is 2. The first kappa shape index (κ1) is 10.1. The molecule has 0 aliphatic carbocycles. The second-order valence-electron chi connectivity index (χ2n) is 2.92. The van der Waals surface area contributed by atoms with Crippen molar-refractivity contribution < 1.29 is 13.9 Å². The lowest BCUT2D eigenvalue weighted by molar-refractivity contribution is 0.267. The van der Waals surface area contributed by atoms with Gasteiger partial charge in [-0.2, -0.15) is 0 Å². The minimum absolute atomic E-state index is 0.193. The summed E-state index contributed by atoms with van der Waals surface area (Å²) in [5.41, 5.74) is 6.04. The Hall–Kier alpha value is -1.00. The molecule has 2 nitrogen and oxygen atoms in total. The molecule has 0 bridgehead atoms. The van der Waals surface area contributed by atoms with E-state index in [9.17, 15) is 8.78 Å². The summed E-state index contributed by atoms with van der Waals surface area (Å²) in [6.07, 6.45) is 0. The van der Waals surface area contributed by atoms with E-state index in [1.54, 1.807) is 0 Å². The summed E-state index contributed by atoms with van der Waals surface area (Å²) in [4.78, 5) is 0. The first-order valence-corrected chi connectivity index (χ1v) is 3.88. The third-order valence-corrected chi connectivity index (χ3v) is 1.86. The Balaban J connectivity index is 3.13. The summed E-state index contributed by atoms with van der Waals surface area (Å²) in [7, 11) is 0. The van der Waals surface area contributed by atoms with Gasteiger partial charge in [-0.15, -0.1) is 0 Å². The Morgan fingerprint density at radius 3 is 2.54 bits per heavy atom. The molecule has 3 N–H and O–H groups in total. The van der Waals surface area contributed by atoms with Gasteiger partial charge in [-0.1, -0.05) is 6.07 Å². The van der Waals surface area contributed by atoms with Gasteiger partial charge < -0.3 is 10.8 Å². The van der Waals surface area contributed by atoms with Crippen LogP contribution in [0, 0.1) is 18.6 Å². The molecule has 0 saturated carbocycles. The lowest BCUT2D eigenvalue weighted by Crippen LogP contribution is -2.15.